The molecule has 5 aromatic carbocycles. The second-order valence-corrected chi connectivity index (χ2v) is 11.2. The van der Waals surface area contributed by atoms with Crippen LogP contribution in [0.3, 0.4) is 0 Å². The normalized spacial score (nSPS) is 18.2. The summed E-state index contributed by atoms with van der Waals surface area (Å²) < 4.78 is 72.8. The zero-order chi connectivity index (χ0) is 32.7. The minimum absolute atomic E-state index is 0.0396. The zero-order valence-corrected chi connectivity index (χ0v) is 22.8. The number of hydrogen-bond donors (Lipinski definition) is 0. The quantitative estimate of drug-likeness (QED) is 0.214. The van der Waals surface area contributed by atoms with Crippen LogP contribution in [0.25, 0.3) is 55.3 Å². The number of hydrogen-bond acceptors (Lipinski definition) is 3. The van der Waals surface area contributed by atoms with E-state index in [1.165, 1.54) is 0 Å². The maximum absolute atomic E-state index is 9.41. The smallest absolute Gasteiger partial charge is 0.456 e. The minimum atomic E-state index is -1.07. The van der Waals surface area contributed by atoms with Crippen molar-refractivity contribution < 1.29 is 22.0 Å². The SMILES string of the molecule is [2H]c1c(-c2cc(-c3ccccc3)cc(-c3ccccc3)c2)c([2H])c2c(oc3c([2H])c(B4OC(C)(C)C(C)(C)O4)c([2H])c([2H])c32)c1[2H]. The largest absolute Gasteiger partial charge is 0.494 e. The van der Waals surface area contributed by atoms with Gasteiger partial charge >= 0.3 is 7.12 Å². The fourth-order valence-electron chi connectivity index (χ4n) is 4.99. The van der Waals surface area contributed by atoms with Gasteiger partial charge in [0, 0.05) is 10.8 Å². The van der Waals surface area contributed by atoms with E-state index >= 15 is 0 Å². The van der Waals surface area contributed by atoms with Crippen LogP contribution in [0.4, 0.5) is 0 Å². The Kier molecular flexibility index (Phi) is 4.39. The van der Waals surface area contributed by atoms with Gasteiger partial charge in [-0.1, -0.05) is 78.8 Å². The number of rotatable bonds is 4. The molecule has 0 radical (unpaired) electrons. The molecule has 0 saturated carbocycles. The fourth-order valence-corrected chi connectivity index (χ4v) is 4.99. The summed E-state index contributed by atoms with van der Waals surface area (Å²) in [5.74, 6) is 0. The van der Waals surface area contributed by atoms with Crippen LogP contribution in [0.1, 0.15) is 35.9 Å². The summed E-state index contributed by atoms with van der Waals surface area (Å²) in [6.07, 6.45) is 0. The van der Waals surface area contributed by atoms with Gasteiger partial charge in [-0.25, -0.2) is 0 Å². The van der Waals surface area contributed by atoms with E-state index in [0.717, 1.165) is 22.3 Å². The Morgan fingerprint density at radius 2 is 1.10 bits per heavy atom. The molecular weight excluding hydrogens is 491 g/mol. The van der Waals surface area contributed by atoms with Crippen LogP contribution in [-0.2, 0) is 9.31 Å². The van der Waals surface area contributed by atoms with Crippen molar-refractivity contribution in [3.8, 4) is 33.4 Å². The molecule has 40 heavy (non-hydrogen) atoms. The summed E-state index contributed by atoms with van der Waals surface area (Å²) in [5, 5.41) is 0.220. The Hall–Kier alpha value is -4.12. The average Bonchev–Trinajstić information content (AvgIpc) is 3.54. The molecule has 2 heterocycles. The maximum Gasteiger partial charge on any atom is 0.494 e. The lowest BCUT2D eigenvalue weighted by Gasteiger charge is -2.32. The number of furan rings is 1. The molecule has 0 bridgehead atoms. The molecule has 0 N–H and O–H groups in total. The molecule has 0 aliphatic carbocycles. The van der Waals surface area contributed by atoms with Crippen molar-refractivity contribution in [2.75, 3.05) is 0 Å². The summed E-state index contributed by atoms with van der Waals surface area (Å²) in [4.78, 5) is 0. The van der Waals surface area contributed by atoms with E-state index in [0.29, 0.717) is 5.56 Å². The highest BCUT2D eigenvalue weighted by atomic mass is 16.7. The zero-order valence-electron chi connectivity index (χ0n) is 28.8. The lowest BCUT2D eigenvalue weighted by molar-refractivity contribution is 0.00578. The van der Waals surface area contributed by atoms with Gasteiger partial charge in [0.05, 0.1) is 19.4 Å². The van der Waals surface area contributed by atoms with Crippen molar-refractivity contribution in [1.29, 1.82) is 0 Å². The molecule has 1 aliphatic rings. The van der Waals surface area contributed by atoms with Gasteiger partial charge in [0.1, 0.15) is 11.2 Å². The van der Waals surface area contributed by atoms with Gasteiger partial charge < -0.3 is 13.7 Å². The summed E-state index contributed by atoms with van der Waals surface area (Å²) in [5.41, 5.74) is 2.96. The van der Waals surface area contributed by atoms with Crippen molar-refractivity contribution in [2.45, 2.75) is 38.9 Å². The van der Waals surface area contributed by atoms with Gasteiger partial charge in [0.15, 0.2) is 0 Å². The van der Waals surface area contributed by atoms with Crippen LogP contribution in [0.15, 0.2) is 120 Å². The standard InChI is InChI=1S/C36H31BO3/c1-35(2)36(3,4)40-37(39-35)30-16-17-31-32-22-26(15-18-33(32)38-34(31)23-30)29-20-27(24-11-7-5-8-12-24)19-28(21-29)25-13-9-6-10-14-25/h5-23H,1-4H3/i15D,16D,17D,18D,22D,23D. The van der Waals surface area contributed by atoms with Crippen LogP contribution >= 0.6 is 0 Å². The molecular formula is C36H31BO3. The van der Waals surface area contributed by atoms with Crippen molar-refractivity contribution >= 4 is 34.5 Å². The molecule has 7 rings (SSSR count). The van der Waals surface area contributed by atoms with Crippen LogP contribution in [0.5, 0.6) is 0 Å². The van der Waals surface area contributed by atoms with Crippen molar-refractivity contribution in [3.63, 3.8) is 0 Å². The molecule has 0 spiro atoms. The molecule has 0 unspecified atom stereocenters. The third-order valence-electron chi connectivity index (χ3n) is 7.95. The predicted octanol–water partition coefficient (Wildman–Crippen LogP) is 8.89. The van der Waals surface area contributed by atoms with E-state index in [1.54, 1.807) is 0 Å². The summed E-state index contributed by atoms with van der Waals surface area (Å²) >= 11 is 0. The number of fused-ring (bicyclic) bond motifs is 3. The first kappa shape index (κ1) is 19.0. The molecule has 1 aromatic heterocycles. The Labute approximate surface area is 243 Å². The highest BCUT2D eigenvalue weighted by Gasteiger charge is 2.51. The summed E-state index contributed by atoms with van der Waals surface area (Å²) in [6, 6.07) is 24.3. The Bertz CT molecular complexity index is 2100. The lowest BCUT2D eigenvalue weighted by atomic mass is 9.79. The van der Waals surface area contributed by atoms with Gasteiger partial charge in [0.2, 0.25) is 0 Å². The highest BCUT2D eigenvalue weighted by molar-refractivity contribution is 6.62. The van der Waals surface area contributed by atoms with Gasteiger partial charge in [-0.05, 0) is 103 Å². The van der Waals surface area contributed by atoms with E-state index in [9.17, 15) is 1.37 Å². The third kappa shape index (κ3) is 4.25. The lowest BCUT2D eigenvalue weighted by Crippen LogP contribution is -2.41. The van der Waals surface area contributed by atoms with Crippen molar-refractivity contribution in [1.82, 2.24) is 0 Å². The van der Waals surface area contributed by atoms with E-state index in [2.05, 4.69) is 6.07 Å². The van der Waals surface area contributed by atoms with E-state index in [4.69, 9.17) is 20.6 Å². The van der Waals surface area contributed by atoms with Crippen LogP contribution in [-0.4, -0.2) is 18.3 Å². The Balaban J connectivity index is 1.50. The topological polar surface area (TPSA) is 31.6 Å². The highest BCUT2D eigenvalue weighted by Crippen LogP contribution is 2.38. The molecule has 0 amide bonds. The fraction of sp³-hybridized carbons (Fsp3) is 0.167. The van der Waals surface area contributed by atoms with Gasteiger partial charge in [-0.2, -0.15) is 0 Å². The monoisotopic (exact) mass is 528 g/mol. The van der Waals surface area contributed by atoms with E-state index in [1.807, 2.05) is 100 Å². The maximum atomic E-state index is 9.41. The predicted molar refractivity (Wildman–Crippen MR) is 166 cm³/mol. The second kappa shape index (κ2) is 9.23. The van der Waals surface area contributed by atoms with Crippen LogP contribution in [0.2, 0.25) is 0 Å². The molecule has 0 atom stereocenters. The first-order chi connectivity index (χ1) is 21.8. The Morgan fingerprint density at radius 1 is 0.550 bits per heavy atom. The summed E-state index contributed by atoms with van der Waals surface area (Å²) in [7, 11) is -1.07. The van der Waals surface area contributed by atoms with Crippen LogP contribution in [0, 0.1) is 0 Å². The minimum Gasteiger partial charge on any atom is -0.456 e. The molecule has 3 nitrogen and oxygen atoms in total. The first-order valence-electron chi connectivity index (χ1n) is 16.4. The van der Waals surface area contributed by atoms with E-state index in [-0.39, 0.29) is 69.2 Å². The summed E-state index contributed by atoms with van der Waals surface area (Å²) in [6.45, 7) is 7.47. The Morgan fingerprint density at radius 3 is 1.68 bits per heavy atom. The molecule has 196 valence electrons. The van der Waals surface area contributed by atoms with E-state index < -0.39 is 18.3 Å². The van der Waals surface area contributed by atoms with Crippen LogP contribution < -0.4 is 5.46 Å². The molecule has 1 saturated heterocycles. The number of benzene rings is 5. The van der Waals surface area contributed by atoms with Crippen molar-refractivity contribution in [2.24, 2.45) is 0 Å². The average molecular weight is 528 g/mol. The van der Waals surface area contributed by atoms with Gasteiger partial charge in [-0.15, -0.1) is 0 Å². The molecule has 4 heteroatoms. The third-order valence-corrected chi connectivity index (χ3v) is 7.95. The second-order valence-electron chi connectivity index (χ2n) is 11.2. The molecule has 1 aliphatic heterocycles. The molecule has 1 fully saturated rings. The first-order valence-corrected chi connectivity index (χ1v) is 13.4. The van der Waals surface area contributed by atoms with Gasteiger partial charge in [0.25, 0.3) is 0 Å². The van der Waals surface area contributed by atoms with Gasteiger partial charge in [-0.3, -0.25) is 0 Å². The van der Waals surface area contributed by atoms with Crippen molar-refractivity contribution in [3.05, 3.63) is 115 Å². The molecule has 6 aromatic rings.